The fourth-order valence-electron chi connectivity index (χ4n) is 1.32. The number of rotatable bonds is 2. The van der Waals surface area contributed by atoms with Crippen LogP contribution in [-0.2, 0) is 9.47 Å². The highest BCUT2D eigenvalue weighted by Crippen LogP contribution is 2.11. The van der Waals surface area contributed by atoms with E-state index >= 15 is 0 Å². The second-order valence-corrected chi connectivity index (χ2v) is 3.40. The molecule has 3 nitrogen and oxygen atoms in total. The summed E-state index contributed by atoms with van der Waals surface area (Å²) in [7, 11) is 1.26. The Bertz CT molecular complexity index is 440. The number of methoxy groups -OCH3 is 1. The van der Waals surface area contributed by atoms with Crippen molar-refractivity contribution >= 4 is 16.9 Å². The first-order valence-electron chi connectivity index (χ1n) is 5.53. The van der Waals surface area contributed by atoms with Gasteiger partial charge < -0.3 is 9.47 Å². The van der Waals surface area contributed by atoms with Crippen molar-refractivity contribution in [3.8, 4) is 0 Å². The highest BCUT2D eigenvalue weighted by molar-refractivity contribution is 5.81. The molecule has 0 N–H and O–H groups in total. The van der Waals surface area contributed by atoms with Crippen molar-refractivity contribution in [1.29, 1.82) is 0 Å². The summed E-state index contributed by atoms with van der Waals surface area (Å²) in [6, 6.07) is 16.7. The number of carbonyl (C=O) groups excluding carboxylic acids is 1. The Morgan fingerprint density at radius 2 is 1.56 bits per heavy atom. The van der Waals surface area contributed by atoms with E-state index in [1.807, 2.05) is 0 Å². The maximum atomic E-state index is 10.1. The molecule has 0 bridgehead atoms. The quantitative estimate of drug-likeness (QED) is 0.595. The number of ether oxygens (including phenoxy) is 2. The van der Waals surface area contributed by atoms with E-state index in [0.717, 1.165) is 0 Å². The zero-order valence-electron chi connectivity index (χ0n) is 10.3. The third kappa shape index (κ3) is 4.70. The fraction of sp³-hybridized carbons (Fsp3) is 0.133. The molecule has 0 aliphatic heterocycles. The minimum Gasteiger partial charge on any atom is -0.438 e. The minimum atomic E-state index is -0.676. The topological polar surface area (TPSA) is 35.5 Å². The average Bonchev–Trinajstić information content (AvgIpc) is 2.45. The lowest BCUT2D eigenvalue weighted by Crippen LogP contribution is -2.02. The van der Waals surface area contributed by atoms with Gasteiger partial charge in [-0.05, 0) is 10.8 Å². The summed E-state index contributed by atoms with van der Waals surface area (Å²) < 4.78 is 8.50. The third-order valence-corrected chi connectivity index (χ3v) is 2.14. The summed E-state index contributed by atoms with van der Waals surface area (Å²) in [5, 5.41) is 2.62. The molecule has 0 fully saturated rings. The van der Waals surface area contributed by atoms with E-state index in [-0.39, 0.29) is 6.61 Å². The van der Waals surface area contributed by atoms with Gasteiger partial charge in [0.2, 0.25) is 0 Å². The van der Waals surface area contributed by atoms with Crippen LogP contribution < -0.4 is 0 Å². The summed E-state index contributed by atoms with van der Waals surface area (Å²) in [5.74, 6) is 0. The number of carbonyl (C=O) groups is 1. The van der Waals surface area contributed by atoms with Crippen LogP contribution in [0, 0.1) is 0 Å². The first-order valence-corrected chi connectivity index (χ1v) is 5.53. The van der Waals surface area contributed by atoms with Crippen LogP contribution in [0.2, 0.25) is 0 Å². The highest BCUT2D eigenvalue weighted by atomic mass is 16.7. The maximum Gasteiger partial charge on any atom is 0.508 e. The lowest BCUT2D eigenvalue weighted by molar-refractivity contribution is 0.0818. The number of fused-ring (bicyclic) bond motifs is 1. The van der Waals surface area contributed by atoms with Gasteiger partial charge in [-0.1, -0.05) is 61.2 Å². The molecule has 2 aromatic rings. The van der Waals surface area contributed by atoms with Gasteiger partial charge >= 0.3 is 6.16 Å². The molecule has 0 aliphatic carbocycles. The van der Waals surface area contributed by atoms with Crippen LogP contribution in [0.1, 0.15) is 0 Å². The molecular weight excluding hydrogens is 228 g/mol. The Labute approximate surface area is 107 Å². The SMILES string of the molecule is C=CCOC(=O)OC.c1ccc2ccccc2c1. The smallest absolute Gasteiger partial charge is 0.438 e. The van der Waals surface area contributed by atoms with Gasteiger partial charge in [0, 0.05) is 0 Å². The van der Waals surface area contributed by atoms with Crippen molar-refractivity contribution in [2.45, 2.75) is 0 Å². The van der Waals surface area contributed by atoms with Crippen molar-refractivity contribution in [2.24, 2.45) is 0 Å². The van der Waals surface area contributed by atoms with Gasteiger partial charge in [0.05, 0.1) is 7.11 Å². The van der Waals surface area contributed by atoms with Crippen molar-refractivity contribution in [2.75, 3.05) is 13.7 Å². The minimum absolute atomic E-state index is 0.201. The standard InChI is InChI=1S/C10H8.C5H8O3/c1-2-6-10-8-4-3-7-9(10)5-1;1-3-4-8-5(6)7-2/h1-8H;3H,1,4H2,2H3. The van der Waals surface area contributed by atoms with E-state index in [4.69, 9.17) is 0 Å². The molecule has 0 unspecified atom stereocenters. The molecular formula is C15H16O3. The predicted molar refractivity (Wildman–Crippen MR) is 72.5 cm³/mol. The van der Waals surface area contributed by atoms with E-state index in [9.17, 15) is 4.79 Å². The zero-order valence-corrected chi connectivity index (χ0v) is 10.3. The normalized spacial score (nSPS) is 8.94. The van der Waals surface area contributed by atoms with Gasteiger partial charge in [-0.25, -0.2) is 4.79 Å². The summed E-state index contributed by atoms with van der Waals surface area (Å²) in [4.78, 5) is 10.1. The molecule has 2 rings (SSSR count). The van der Waals surface area contributed by atoms with Gasteiger partial charge in [0.15, 0.2) is 0 Å². The largest absolute Gasteiger partial charge is 0.508 e. The van der Waals surface area contributed by atoms with Crippen molar-refractivity contribution in [3.05, 3.63) is 61.2 Å². The van der Waals surface area contributed by atoms with Gasteiger partial charge in [0.25, 0.3) is 0 Å². The van der Waals surface area contributed by atoms with Crippen molar-refractivity contribution < 1.29 is 14.3 Å². The van der Waals surface area contributed by atoms with E-state index in [1.165, 1.54) is 24.0 Å². The molecule has 0 heterocycles. The molecule has 18 heavy (non-hydrogen) atoms. The van der Waals surface area contributed by atoms with Gasteiger partial charge in [-0.2, -0.15) is 0 Å². The lowest BCUT2D eigenvalue weighted by atomic mass is 10.1. The Morgan fingerprint density at radius 3 is 1.89 bits per heavy atom. The molecule has 0 saturated carbocycles. The maximum absolute atomic E-state index is 10.1. The van der Waals surface area contributed by atoms with E-state index in [2.05, 4.69) is 64.6 Å². The summed E-state index contributed by atoms with van der Waals surface area (Å²) >= 11 is 0. The fourth-order valence-corrected chi connectivity index (χ4v) is 1.32. The molecule has 0 amide bonds. The molecule has 2 aromatic carbocycles. The van der Waals surface area contributed by atoms with Crippen LogP contribution in [0.4, 0.5) is 4.79 Å². The Kier molecular flexibility index (Phi) is 6.04. The number of benzene rings is 2. The second kappa shape index (κ2) is 7.90. The lowest BCUT2D eigenvalue weighted by Gasteiger charge is -1.95. The summed E-state index contributed by atoms with van der Waals surface area (Å²) in [5.41, 5.74) is 0. The predicted octanol–water partition coefficient (Wildman–Crippen LogP) is 3.80. The summed E-state index contributed by atoms with van der Waals surface area (Å²) in [6.07, 6.45) is 0.793. The van der Waals surface area contributed by atoms with E-state index < -0.39 is 6.16 Å². The van der Waals surface area contributed by atoms with Gasteiger partial charge in [0.1, 0.15) is 6.61 Å². The molecule has 0 radical (unpaired) electrons. The van der Waals surface area contributed by atoms with Crippen molar-refractivity contribution in [3.63, 3.8) is 0 Å². The number of hydrogen-bond donors (Lipinski definition) is 0. The van der Waals surface area contributed by atoms with Crippen LogP contribution in [0.25, 0.3) is 10.8 Å². The van der Waals surface area contributed by atoms with Gasteiger partial charge in [-0.15, -0.1) is 0 Å². The molecule has 0 atom stereocenters. The Hall–Kier alpha value is -2.29. The van der Waals surface area contributed by atoms with Crippen LogP contribution in [0.15, 0.2) is 61.2 Å². The zero-order chi connectivity index (χ0) is 13.2. The van der Waals surface area contributed by atoms with Gasteiger partial charge in [-0.3, -0.25) is 0 Å². The molecule has 0 spiro atoms. The van der Waals surface area contributed by atoms with E-state index in [1.54, 1.807) is 0 Å². The van der Waals surface area contributed by atoms with Crippen LogP contribution in [0.5, 0.6) is 0 Å². The second-order valence-electron chi connectivity index (χ2n) is 3.40. The molecule has 0 aromatic heterocycles. The van der Waals surface area contributed by atoms with Crippen LogP contribution in [-0.4, -0.2) is 19.9 Å². The highest BCUT2D eigenvalue weighted by Gasteiger charge is 1.94. The average molecular weight is 244 g/mol. The Balaban J connectivity index is 0.000000187. The third-order valence-electron chi connectivity index (χ3n) is 2.14. The summed E-state index contributed by atoms with van der Waals surface area (Å²) in [6.45, 7) is 3.54. The molecule has 0 saturated heterocycles. The Morgan fingerprint density at radius 1 is 1.11 bits per heavy atom. The van der Waals surface area contributed by atoms with Crippen molar-refractivity contribution in [1.82, 2.24) is 0 Å². The van der Waals surface area contributed by atoms with Crippen LogP contribution >= 0.6 is 0 Å². The first kappa shape index (κ1) is 13.8. The molecule has 94 valence electrons. The first-order chi connectivity index (χ1) is 8.77. The van der Waals surface area contributed by atoms with E-state index in [0.29, 0.717) is 0 Å². The number of hydrogen-bond acceptors (Lipinski definition) is 3. The monoisotopic (exact) mass is 244 g/mol. The molecule has 0 aliphatic rings. The molecule has 3 heteroatoms. The van der Waals surface area contributed by atoms with Crippen LogP contribution in [0.3, 0.4) is 0 Å².